The number of carbonyl (C=O) groups excluding carboxylic acids is 1. The minimum absolute atomic E-state index is 0.809. The molecule has 5 nitrogen and oxygen atoms in total. The number of imidazole rings is 1. The molecule has 2 heterocycles. The fourth-order valence-electron chi connectivity index (χ4n) is 2.64. The van der Waals surface area contributed by atoms with Gasteiger partial charge >= 0.3 is 0 Å². The Morgan fingerprint density at radius 1 is 1.30 bits per heavy atom. The van der Waals surface area contributed by atoms with Crippen molar-refractivity contribution in [3.05, 3.63) is 29.6 Å². The second-order valence-electron chi connectivity index (χ2n) is 5.31. The van der Waals surface area contributed by atoms with Gasteiger partial charge in [-0.15, -0.1) is 0 Å². The molecule has 5 heteroatoms. The van der Waals surface area contributed by atoms with Gasteiger partial charge in [-0.3, -0.25) is 9.69 Å². The number of nitrogens with one attached hydrogen (secondary N) is 1. The van der Waals surface area contributed by atoms with Crippen LogP contribution in [0.1, 0.15) is 18.3 Å². The van der Waals surface area contributed by atoms with Gasteiger partial charge < -0.3 is 9.88 Å². The number of aromatic nitrogens is 2. The lowest BCUT2D eigenvalue weighted by Gasteiger charge is -2.31. The van der Waals surface area contributed by atoms with Crippen molar-refractivity contribution >= 4 is 17.4 Å². The van der Waals surface area contributed by atoms with Gasteiger partial charge in [0.05, 0.1) is 17.6 Å². The highest BCUT2D eigenvalue weighted by Gasteiger charge is 2.16. The average Bonchev–Trinajstić information content (AvgIpc) is 2.89. The first-order valence-corrected chi connectivity index (χ1v) is 7.17. The van der Waals surface area contributed by atoms with E-state index in [1.807, 2.05) is 4.90 Å². The van der Waals surface area contributed by atoms with E-state index in [2.05, 4.69) is 40.0 Å². The molecule has 0 aliphatic carbocycles. The van der Waals surface area contributed by atoms with Gasteiger partial charge in [-0.25, -0.2) is 4.98 Å². The summed E-state index contributed by atoms with van der Waals surface area (Å²) in [7, 11) is 0. The van der Waals surface area contributed by atoms with Gasteiger partial charge in [0.1, 0.15) is 5.82 Å². The van der Waals surface area contributed by atoms with Gasteiger partial charge in [0, 0.05) is 26.2 Å². The van der Waals surface area contributed by atoms with Crippen molar-refractivity contribution in [2.45, 2.75) is 19.9 Å². The topological polar surface area (TPSA) is 52.2 Å². The Balaban J connectivity index is 1.70. The van der Waals surface area contributed by atoms with Crippen LogP contribution in [0.25, 0.3) is 11.0 Å². The number of aromatic amines is 1. The van der Waals surface area contributed by atoms with E-state index in [1.165, 1.54) is 5.56 Å². The fourth-order valence-corrected chi connectivity index (χ4v) is 2.64. The second kappa shape index (κ2) is 5.63. The summed E-state index contributed by atoms with van der Waals surface area (Å²) in [6.07, 6.45) is 1.97. The zero-order chi connectivity index (χ0) is 13.9. The van der Waals surface area contributed by atoms with E-state index in [1.54, 1.807) is 0 Å². The van der Waals surface area contributed by atoms with Crippen molar-refractivity contribution in [1.29, 1.82) is 0 Å². The molecule has 3 rings (SSSR count). The van der Waals surface area contributed by atoms with Gasteiger partial charge in [-0.05, 0) is 24.1 Å². The number of rotatable bonds is 4. The Kier molecular flexibility index (Phi) is 3.69. The summed E-state index contributed by atoms with van der Waals surface area (Å²) >= 11 is 0. The lowest BCUT2D eigenvalue weighted by atomic mass is 10.1. The highest BCUT2D eigenvalue weighted by Crippen LogP contribution is 2.15. The number of fused-ring (bicyclic) bond motifs is 1. The Hall–Kier alpha value is -1.88. The maximum Gasteiger partial charge on any atom is 0.209 e. The predicted molar refractivity (Wildman–Crippen MR) is 78.4 cm³/mol. The van der Waals surface area contributed by atoms with Gasteiger partial charge in [0.25, 0.3) is 0 Å². The molecule has 1 aliphatic rings. The molecule has 1 saturated heterocycles. The van der Waals surface area contributed by atoms with Crippen LogP contribution in [0.15, 0.2) is 18.2 Å². The summed E-state index contributed by atoms with van der Waals surface area (Å²) in [4.78, 5) is 22.9. The smallest absolute Gasteiger partial charge is 0.209 e. The van der Waals surface area contributed by atoms with Crippen LogP contribution < -0.4 is 0 Å². The summed E-state index contributed by atoms with van der Waals surface area (Å²) in [5, 5.41) is 0. The van der Waals surface area contributed by atoms with E-state index in [0.29, 0.717) is 0 Å². The van der Waals surface area contributed by atoms with Gasteiger partial charge in [-0.1, -0.05) is 13.0 Å². The molecule has 0 radical (unpaired) electrons. The summed E-state index contributed by atoms with van der Waals surface area (Å²) < 4.78 is 0. The Morgan fingerprint density at radius 3 is 2.80 bits per heavy atom. The lowest BCUT2D eigenvalue weighted by Crippen LogP contribution is -2.45. The number of nitrogens with zero attached hydrogens (tertiary/aromatic N) is 3. The molecule has 1 amide bonds. The minimum atomic E-state index is 0.809. The zero-order valence-electron chi connectivity index (χ0n) is 11.8. The standard InChI is InChI=1S/C15H20N4O/c1-2-12-3-4-13-14(9-12)17-15(16-13)10-18-5-7-19(11-20)8-6-18/h3-4,9,11H,2,5-8,10H2,1H3,(H,16,17). The predicted octanol–water partition coefficient (Wildman–Crippen LogP) is 1.40. The molecule has 2 aromatic rings. The van der Waals surface area contributed by atoms with E-state index in [-0.39, 0.29) is 0 Å². The van der Waals surface area contributed by atoms with Crippen molar-refractivity contribution < 1.29 is 4.79 Å². The van der Waals surface area contributed by atoms with E-state index in [0.717, 1.165) is 62.4 Å². The lowest BCUT2D eigenvalue weighted by molar-refractivity contribution is -0.119. The van der Waals surface area contributed by atoms with E-state index in [9.17, 15) is 4.79 Å². The molecule has 1 fully saturated rings. The zero-order valence-corrected chi connectivity index (χ0v) is 11.8. The van der Waals surface area contributed by atoms with E-state index < -0.39 is 0 Å². The molecule has 106 valence electrons. The summed E-state index contributed by atoms with van der Waals surface area (Å²) in [6.45, 7) is 6.42. The number of hydrogen-bond donors (Lipinski definition) is 1. The van der Waals surface area contributed by atoms with Crippen molar-refractivity contribution in [1.82, 2.24) is 19.8 Å². The molecular weight excluding hydrogens is 252 g/mol. The van der Waals surface area contributed by atoms with Crippen molar-refractivity contribution in [3.63, 3.8) is 0 Å². The Bertz CT molecular complexity index is 599. The van der Waals surface area contributed by atoms with Crippen molar-refractivity contribution in [2.24, 2.45) is 0 Å². The van der Waals surface area contributed by atoms with Crippen molar-refractivity contribution in [2.75, 3.05) is 26.2 Å². The largest absolute Gasteiger partial charge is 0.343 e. The third-order valence-electron chi connectivity index (χ3n) is 3.93. The first-order valence-electron chi connectivity index (χ1n) is 7.17. The first kappa shape index (κ1) is 13.1. The normalized spacial score (nSPS) is 16.8. The minimum Gasteiger partial charge on any atom is -0.343 e. The average molecular weight is 272 g/mol. The summed E-state index contributed by atoms with van der Waals surface area (Å²) in [5.74, 6) is 1.01. The Morgan fingerprint density at radius 2 is 2.10 bits per heavy atom. The number of H-pyrrole nitrogens is 1. The van der Waals surface area contributed by atoms with Gasteiger partial charge in [-0.2, -0.15) is 0 Å². The van der Waals surface area contributed by atoms with Gasteiger partial charge in [0.2, 0.25) is 6.41 Å². The molecule has 1 N–H and O–H groups in total. The summed E-state index contributed by atoms with van der Waals surface area (Å²) in [5.41, 5.74) is 3.47. The number of amides is 1. The van der Waals surface area contributed by atoms with Crippen LogP contribution in [0, 0.1) is 0 Å². The molecule has 1 aromatic carbocycles. The van der Waals surface area contributed by atoms with Crippen LogP contribution >= 0.6 is 0 Å². The maximum atomic E-state index is 10.7. The van der Waals surface area contributed by atoms with Crippen LogP contribution in [-0.2, 0) is 17.8 Å². The third kappa shape index (κ3) is 2.67. The highest BCUT2D eigenvalue weighted by atomic mass is 16.1. The first-order chi connectivity index (χ1) is 9.78. The molecule has 1 aromatic heterocycles. The monoisotopic (exact) mass is 272 g/mol. The van der Waals surface area contributed by atoms with E-state index in [4.69, 9.17) is 0 Å². The molecule has 1 aliphatic heterocycles. The summed E-state index contributed by atoms with van der Waals surface area (Å²) in [6, 6.07) is 6.39. The van der Waals surface area contributed by atoms with Crippen LogP contribution in [-0.4, -0.2) is 52.4 Å². The quantitative estimate of drug-likeness (QED) is 0.856. The van der Waals surface area contributed by atoms with Gasteiger partial charge in [0.15, 0.2) is 0 Å². The van der Waals surface area contributed by atoms with Crippen LogP contribution in [0.4, 0.5) is 0 Å². The van der Waals surface area contributed by atoms with E-state index >= 15 is 0 Å². The molecule has 0 spiro atoms. The molecule has 0 unspecified atom stereocenters. The van der Waals surface area contributed by atoms with Crippen LogP contribution in [0.5, 0.6) is 0 Å². The van der Waals surface area contributed by atoms with Crippen LogP contribution in [0.2, 0.25) is 0 Å². The number of aryl methyl sites for hydroxylation is 1. The number of benzene rings is 1. The molecule has 0 bridgehead atoms. The molecule has 20 heavy (non-hydrogen) atoms. The SMILES string of the molecule is CCc1ccc2nc(CN3CCN(C=O)CC3)[nH]c2c1. The fraction of sp³-hybridized carbons (Fsp3) is 0.467. The number of piperazine rings is 1. The number of carbonyl (C=O) groups is 1. The third-order valence-corrected chi connectivity index (χ3v) is 3.93. The Labute approximate surface area is 118 Å². The van der Waals surface area contributed by atoms with Crippen molar-refractivity contribution in [3.8, 4) is 0 Å². The van der Waals surface area contributed by atoms with Crippen LogP contribution in [0.3, 0.4) is 0 Å². The number of hydrogen-bond acceptors (Lipinski definition) is 3. The molecular formula is C15H20N4O. The maximum absolute atomic E-state index is 10.7. The molecule has 0 saturated carbocycles. The highest BCUT2D eigenvalue weighted by molar-refractivity contribution is 5.75. The molecule has 0 atom stereocenters. The second-order valence-corrected chi connectivity index (χ2v) is 5.31.